The summed E-state index contributed by atoms with van der Waals surface area (Å²) < 4.78 is 59.3. The fourth-order valence-electron chi connectivity index (χ4n) is 3.15. The topological polar surface area (TPSA) is 135 Å². The van der Waals surface area contributed by atoms with E-state index in [4.69, 9.17) is 4.74 Å². The summed E-state index contributed by atoms with van der Waals surface area (Å²) in [6.45, 7) is 1.35. The van der Waals surface area contributed by atoms with Gasteiger partial charge in [0.25, 0.3) is 15.9 Å². The first-order chi connectivity index (χ1) is 15.7. The van der Waals surface area contributed by atoms with Crippen molar-refractivity contribution in [2.45, 2.75) is 17.9 Å². The lowest BCUT2D eigenvalue weighted by Gasteiger charge is -2.34. The number of para-hydroxylation sites is 2. The van der Waals surface area contributed by atoms with Gasteiger partial charge in [-0.05, 0) is 43.3 Å². The van der Waals surface area contributed by atoms with Gasteiger partial charge in [0.1, 0.15) is 5.75 Å². The van der Waals surface area contributed by atoms with Crippen LogP contribution in [0.2, 0.25) is 0 Å². The fourth-order valence-corrected chi connectivity index (χ4v) is 6.06. The Labute approximate surface area is 195 Å². The monoisotopic (exact) mass is 508 g/mol. The minimum absolute atomic E-state index is 0.00115. The second-order valence-corrected chi connectivity index (χ2v) is 11.7. The lowest BCUT2D eigenvalue weighted by Crippen LogP contribution is -2.49. The van der Waals surface area contributed by atoms with Crippen molar-refractivity contribution in [2.24, 2.45) is 0 Å². The number of thiazole rings is 1. The molecule has 0 aliphatic carbocycles. The molecule has 1 aliphatic rings. The van der Waals surface area contributed by atoms with Crippen molar-refractivity contribution in [1.82, 2.24) is 4.98 Å². The molecular weight excluding hydrogens is 488 g/mol. The molecule has 0 saturated heterocycles. The molecule has 1 atom stereocenters. The molecule has 0 radical (unpaired) electrons. The van der Waals surface area contributed by atoms with Gasteiger partial charge in [0.05, 0.1) is 22.9 Å². The van der Waals surface area contributed by atoms with Gasteiger partial charge in [0.2, 0.25) is 10.0 Å². The van der Waals surface area contributed by atoms with Crippen LogP contribution in [0.3, 0.4) is 0 Å². The van der Waals surface area contributed by atoms with Crippen molar-refractivity contribution in [3.63, 3.8) is 0 Å². The van der Waals surface area contributed by atoms with Gasteiger partial charge in [-0.15, -0.1) is 11.3 Å². The number of anilines is 3. The molecule has 0 unspecified atom stereocenters. The largest absolute Gasteiger partial charge is 0.476 e. The van der Waals surface area contributed by atoms with E-state index in [0.717, 1.165) is 11.3 Å². The number of benzene rings is 2. The Bertz CT molecular complexity index is 1360. The number of fused-ring (bicyclic) bond motifs is 1. The molecule has 10 nitrogen and oxygen atoms in total. The van der Waals surface area contributed by atoms with Crippen LogP contribution in [-0.4, -0.2) is 46.1 Å². The lowest BCUT2D eigenvalue weighted by atomic mass is 10.2. The standard InChI is InChI=1S/C20H20N4O6S3/c1-2-32(26,27)24-13-18(30-17-6-4-3-5-16(17)24)19(25)22-14-7-9-15(10-8-14)33(28,29)23-20-21-11-12-31-20/h3-12,18H,2,13H2,1H3,(H,21,23)(H,22,25)/t18-/m1/s1. The Morgan fingerprint density at radius 3 is 2.55 bits per heavy atom. The highest BCUT2D eigenvalue weighted by Gasteiger charge is 2.36. The number of ether oxygens (including phenoxy) is 1. The second-order valence-electron chi connectivity index (χ2n) is 6.96. The van der Waals surface area contributed by atoms with E-state index in [0.29, 0.717) is 11.4 Å². The molecule has 1 aliphatic heterocycles. The van der Waals surface area contributed by atoms with Crippen LogP contribution in [0.1, 0.15) is 6.92 Å². The highest BCUT2D eigenvalue weighted by atomic mass is 32.2. The van der Waals surface area contributed by atoms with E-state index in [-0.39, 0.29) is 28.1 Å². The molecule has 174 valence electrons. The van der Waals surface area contributed by atoms with E-state index in [1.54, 1.807) is 29.6 Å². The molecule has 2 aromatic carbocycles. The van der Waals surface area contributed by atoms with Gasteiger partial charge in [-0.25, -0.2) is 21.8 Å². The summed E-state index contributed by atoms with van der Waals surface area (Å²) in [5.74, 6) is -0.395. The third-order valence-corrected chi connectivity index (χ3v) is 8.73. The van der Waals surface area contributed by atoms with Crippen molar-refractivity contribution >= 4 is 53.8 Å². The number of nitrogens with one attached hydrogen (secondary N) is 2. The highest BCUT2D eigenvalue weighted by molar-refractivity contribution is 7.93. The average Bonchev–Trinajstić information content (AvgIpc) is 3.31. The van der Waals surface area contributed by atoms with E-state index in [1.807, 2.05) is 0 Å². The number of carbonyl (C=O) groups is 1. The van der Waals surface area contributed by atoms with Crippen LogP contribution in [0.15, 0.2) is 65.0 Å². The molecule has 4 rings (SSSR count). The smallest absolute Gasteiger partial charge is 0.267 e. The highest BCUT2D eigenvalue weighted by Crippen LogP contribution is 2.35. The molecule has 0 spiro atoms. The first-order valence-corrected chi connectivity index (χ1v) is 13.8. The number of carbonyl (C=O) groups excluding carboxylic acids is 1. The summed E-state index contributed by atoms with van der Waals surface area (Å²) >= 11 is 1.15. The van der Waals surface area contributed by atoms with E-state index < -0.39 is 32.1 Å². The second kappa shape index (κ2) is 9.00. The molecule has 0 bridgehead atoms. The Balaban J connectivity index is 1.49. The summed E-state index contributed by atoms with van der Waals surface area (Å²) in [6, 6.07) is 12.2. The molecule has 3 aromatic rings. The maximum atomic E-state index is 12.8. The van der Waals surface area contributed by atoms with Crippen LogP contribution in [0.4, 0.5) is 16.5 Å². The van der Waals surface area contributed by atoms with E-state index in [1.165, 1.54) is 41.7 Å². The molecule has 13 heteroatoms. The molecule has 2 heterocycles. The Morgan fingerprint density at radius 2 is 1.88 bits per heavy atom. The summed E-state index contributed by atoms with van der Waals surface area (Å²) in [6.07, 6.45) is 0.399. The molecule has 0 saturated carbocycles. The third-order valence-electron chi connectivity index (χ3n) is 4.81. The first-order valence-electron chi connectivity index (χ1n) is 9.79. The Morgan fingerprint density at radius 1 is 1.15 bits per heavy atom. The maximum absolute atomic E-state index is 12.8. The van der Waals surface area contributed by atoms with Gasteiger partial charge in [0, 0.05) is 17.3 Å². The van der Waals surface area contributed by atoms with Crippen molar-refractivity contribution in [2.75, 3.05) is 26.6 Å². The SMILES string of the molecule is CCS(=O)(=O)N1C[C@H](C(=O)Nc2ccc(S(=O)(=O)Nc3nccs3)cc2)Oc2ccccc21. The van der Waals surface area contributed by atoms with Gasteiger partial charge >= 0.3 is 0 Å². The summed E-state index contributed by atoms with van der Waals surface area (Å²) in [5, 5.41) is 4.54. The number of amides is 1. The number of sulfonamides is 2. The number of nitrogens with zero attached hydrogens (tertiary/aromatic N) is 2. The first kappa shape index (κ1) is 23.0. The van der Waals surface area contributed by atoms with Crippen molar-refractivity contribution < 1.29 is 26.4 Å². The van der Waals surface area contributed by atoms with Crippen LogP contribution >= 0.6 is 11.3 Å². The zero-order valence-electron chi connectivity index (χ0n) is 17.3. The fraction of sp³-hybridized carbons (Fsp3) is 0.200. The lowest BCUT2D eigenvalue weighted by molar-refractivity contribution is -0.122. The van der Waals surface area contributed by atoms with Gasteiger partial charge in [-0.1, -0.05) is 12.1 Å². The van der Waals surface area contributed by atoms with Crippen molar-refractivity contribution in [1.29, 1.82) is 0 Å². The van der Waals surface area contributed by atoms with Crippen LogP contribution in [0, 0.1) is 0 Å². The van der Waals surface area contributed by atoms with Crippen LogP contribution in [-0.2, 0) is 24.8 Å². The van der Waals surface area contributed by atoms with E-state index >= 15 is 0 Å². The maximum Gasteiger partial charge on any atom is 0.267 e. The van der Waals surface area contributed by atoms with E-state index in [9.17, 15) is 21.6 Å². The van der Waals surface area contributed by atoms with Crippen molar-refractivity contribution in [3.05, 3.63) is 60.1 Å². The predicted octanol–water partition coefficient (Wildman–Crippen LogP) is 2.50. The Hall–Kier alpha value is -3.16. The minimum atomic E-state index is -3.82. The minimum Gasteiger partial charge on any atom is -0.476 e. The van der Waals surface area contributed by atoms with E-state index in [2.05, 4.69) is 15.0 Å². The molecular formula is C20H20N4O6S3. The number of rotatable bonds is 7. The number of hydrogen-bond donors (Lipinski definition) is 2. The molecule has 0 fully saturated rings. The summed E-state index contributed by atoms with van der Waals surface area (Å²) in [4.78, 5) is 16.7. The van der Waals surface area contributed by atoms with Crippen LogP contribution < -0.4 is 19.1 Å². The van der Waals surface area contributed by atoms with Gasteiger partial charge in [-0.2, -0.15) is 0 Å². The Kier molecular flexibility index (Phi) is 6.28. The average molecular weight is 509 g/mol. The zero-order chi connectivity index (χ0) is 23.6. The quantitative estimate of drug-likeness (QED) is 0.501. The number of aromatic nitrogens is 1. The summed E-state index contributed by atoms with van der Waals surface area (Å²) in [7, 11) is -7.44. The van der Waals surface area contributed by atoms with Gasteiger partial charge in [-0.3, -0.25) is 13.8 Å². The third kappa shape index (κ3) is 4.94. The van der Waals surface area contributed by atoms with Crippen LogP contribution in [0.5, 0.6) is 5.75 Å². The zero-order valence-corrected chi connectivity index (χ0v) is 19.8. The van der Waals surface area contributed by atoms with Crippen LogP contribution in [0.25, 0.3) is 0 Å². The van der Waals surface area contributed by atoms with Gasteiger partial charge in [0.15, 0.2) is 11.2 Å². The van der Waals surface area contributed by atoms with Crippen molar-refractivity contribution in [3.8, 4) is 5.75 Å². The molecule has 2 N–H and O–H groups in total. The molecule has 1 amide bonds. The number of hydrogen-bond acceptors (Lipinski definition) is 8. The normalized spacial score (nSPS) is 15.9. The predicted molar refractivity (Wildman–Crippen MR) is 126 cm³/mol. The molecule has 33 heavy (non-hydrogen) atoms. The summed E-state index contributed by atoms with van der Waals surface area (Å²) in [5.41, 5.74) is 0.714. The van der Waals surface area contributed by atoms with Gasteiger partial charge < -0.3 is 10.1 Å². The molecule has 1 aromatic heterocycles.